The Labute approximate surface area is 203 Å². The number of amides is 3. The lowest BCUT2D eigenvalue weighted by Gasteiger charge is -2.35. The lowest BCUT2D eigenvalue weighted by atomic mass is 10.2. The van der Waals surface area contributed by atoms with Crippen molar-refractivity contribution in [3.05, 3.63) is 59.1 Å². The van der Waals surface area contributed by atoms with Gasteiger partial charge in [0.15, 0.2) is 6.61 Å². The molecule has 176 valence electrons. The quantitative estimate of drug-likeness (QED) is 0.575. The summed E-state index contributed by atoms with van der Waals surface area (Å²) in [6.07, 6.45) is 0. The molecule has 1 fully saturated rings. The molecule has 3 rings (SSSR count). The predicted molar refractivity (Wildman–Crippen MR) is 130 cm³/mol. The Kier molecular flexibility index (Phi) is 9.03. The first-order valence-electron chi connectivity index (χ1n) is 10.8. The van der Waals surface area contributed by atoms with Gasteiger partial charge in [0.2, 0.25) is 5.91 Å². The topological polar surface area (TPSA) is 79.0 Å². The fourth-order valence-corrected chi connectivity index (χ4v) is 4.35. The van der Waals surface area contributed by atoms with Crippen molar-refractivity contribution in [1.29, 1.82) is 0 Å². The SMILES string of the molecule is CC(C)NC(=O)CSc1ccccc1C(=O)N1CCN(C(=O)COc2ccc(Cl)cc2)CC1. The van der Waals surface area contributed by atoms with E-state index in [-0.39, 0.29) is 36.1 Å². The second kappa shape index (κ2) is 12.0. The molecule has 0 aliphatic carbocycles. The van der Waals surface area contributed by atoms with E-state index in [2.05, 4.69) is 5.32 Å². The Balaban J connectivity index is 1.51. The Hall–Kier alpha value is -2.71. The van der Waals surface area contributed by atoms with Crippen LogP contribution in [0.15, 0.2) is 53.4 Å². The molecule has 0 aromatic heterocycles. The van der Waals surface area contributed by atoms with Gasteiger partial charge in [0.05, 0.1) is 11.3 Å². The number of ether oxygens (including phenoxy) is 1. The summed E-state index contributed by atoms with van der Waals surface area (Å²) in [6.45, 7) is 5.54. The smallest absolute Gasteiger partial charge is 0.260 e. The van der Waals surface area contributed by atoms with Crippen LogP contribution in [0.5, 0.6) is 5.75 Å². The molecule has 2 aromatic rings. The summed E-state index contributed by atoms with van der Waals surface area (Å²) in [6, 6.07) is 14.2. The Morgan fingerprint density at radius 2 is 1.64 bits per heavy atom. The van der Waals surface area contributed by atoms with Crippen LogP contribution in [0.1, 0.15) is 24.2 Å². The van der Waals surface area contributed by atoms with E-state index in [0.717, 1.165) is 4.90 Å². The van der Waals surface area contributed by atoms with Crippen LogP contribution >= 0.6 is 23.4 Å². The van der Waals surface area contributed by atoms with Gasteiger partial charge in [0, 0.05) is 42.1 Å². The van der Waals surface area contributed by atoms with E-state index in [1.165, 1.54) is 11.8 Å². The highest BCUT2D eigenvalue weighted by Gasteiger charge is 2.26. The number of halogens is 1. The molecule has 3 amide bonds. The van der Waals surface area contributed by atoms with E-state index in [9.17, 15) is 14.4 Å². The molecule has 0 radical (unpaired) electrons. The zero-order chi connectivity index (χ0) is 23.8. The Morgan fingerprint density at radius 3 is 2.30 bits per heavy atom. The highest BCUT2D eigenvalue weighted by Crippen LogP contribution is 2.24. The van der Waals surface area contributed by atoms with Crippen LogP contribution in [0.3, 0.4) is 0 Å². The summed E-state index contributed by atoms with van der Waals surface area (Å²) in [5.41, 5.74) is 0.575. The van der Waals surface area contributed by atoms with Crippen molar-refractivity contribution in [3.63, 3.8) is 0 Å². The number of benzene rings is 2. The summed E-state index contributed by atoms with van der Waals surface area (Å²) in [7, 11) is 0. The minimum absolute atomic E-state index is 0.0620. The van der Waals surface area contributed by atoms with Gasteiger partial charge in [-0.15, -0.1) is 11.8 Å². The van der Waals surface area contributed by atoms with Gasteiger partial charge in [-0.3, -0.25) is 14.4 Å². The van der Waals surface area contributed by atoms with E-state index in [0.29, 0.717) is 42.5 Å². The van der Waals surface area contributed by atoms with Gasteiger partial charge < -0.3 is 19.9 Å². The minimum Gasteiger partial charge on any atom is -0.484 e. The van der Waals surface area contributed by atoms with Gasteiger partial charge in [-0.25, -0.2) is 0 Å². The maximum Gasteiger partial charge on any atom is 0.260 e. The van der Waals surface area contributed by atoms with Gasteiger partial charge in [0.1, 0.15) is 5.75 Å². The van der Waals surface area contributed by atoms with Crippen LogP contribution in [-0.2, 0) is 9.59 Å². The summed E-state index contributed by atoms with van der Waals surface area (Å²) in [5.74, 6) is 0.553. The minimum atomic E-state index is -0.121. The van der Waals surface area contributed by atoms with E-state index < -0.39 is 0 Å². The van der Waals surface area contributed by atoms with Crippen LogP contribution in [0, 0.1) is 0 Å². The number of hydrogen-bond acceptors (Lipinski definition) is 5. The normalized spacial score (nSPS) is 13.7. The molecule has 2 aromatic carbocycles. The average molecular weight is 490 g/mol. The van der Waals surface area contributed by atoms with Crippen molar-refractivity contribution in [1.82, 2.24) is 15.1 Å². The summed E-state index contributed by atoms with van der Waals surface area (Å²) < 4.78 is 5.54. The molecule has 1 heterocycles. The molecule has 1 aliphatic rings. The molecule has 0 unspecified atom stereocenters. The van der Waals surface area contributed by atoms with E-state index in [1.807, 2.05) is 32.0 Å². The fraction of sp³-hybridized carbons (Fsp3) is 0.375. The monoisotopic (exact) mass is 489 g/mol. The molecule has 7 nitrogen and oxygen atoms in total. The molecule has 0 saturated carbocycles. The van der Waals surface area contributed by atoms with Crippen LogP contribution in [0.4, 0.5) is 0 Å². The van der Waals surface area contributed by atoms with Crippen molar-refractivity contribution >= 4 is 41.1 Å². The number of thioether (sulfide) groups is 1. The number of nitrogens with zero attached hydrogens (tertiary/aromatic N) is 2. The number of piperazine rings is 1. The van der Waals surface area contributed by atoms with Crippen molar-refractivity contribution in [2.24, 2.45) is 0 Å². The first-order chi connectivity index (χ1) is 15.8. The third-order valence-corrected chi connectivity index (χ3v) is 6.35. The standard InChI is InChI=1S/C24H28ClN3O4S/c1-17(2)26-22(29)16-33-21-6-4-3-5-20(21)24(31)28-13-11-27(12-14-28)23(30)15-32-19-9-7-18(25)8-10-19/h3-10,17H,11-16H2,1-2H3,(H,26,29). The van der Waals surface area contributed by atoms with Gasteiger partial charge in [0.25, 0.3) is 11.8 Å². The molecule has 1 N–H and O–H groups in total. The molecule has 33 heavy (non-hydrogen) atoms. The molecule has 0 atom stereocenters. The third kappa shape index (κ3) is 7.40. The van der Waals surface area contributed by atoms with E-state index in [1.54, 1.807) is 40.1 Å². The van der Waals surface area contributed by atoms with Gasteiger partial charge >= 0.3 is 0 Å². The summed E-state index contributed by atoms with van der Waals surface area (Å²) in [4.78, 5) is 41.8. The number of carbonyl (C=O) groups is 3. The number of nitrogens with one attached hydrogen (secondary N) is 1. The number of rotatable bonds is 8. The van der Waals surface area contributed by atoms with Gasteiger partial charge in [-0.2, -0.15) is 0 Å². The first-order valence-corrected chi connectivity index (χ1v) is 12.2. The van der Waals surface area contributed by atoms with E-state index in [4.69, 9.17) is 16.3 Å². The Bertz CT molecular complexity index is 976. The molecule has 0 spiro atoms. The second-order valence-electron chi connectivity index (χ2n) is 7.92. The molecule has 1 aliphatic heterocycles. The van der Waals surface area contributed by atoms with Crippen LogP contribution in [0.2, 0.25) is 5.02 Å². The van der Waals surface area contributed by atoms with Crippen molar-refractivity contribution in [2.45, 2.75) is 24.8 Å². The Morgan fingerprint density at radius 1 is 1.00 bits per heavy atom. The third-order valence-electron chi connectivity index (χ3n) is 5.02. The summed E-state index contributed by atoms with van der Waals surface area (Å²) >= 11 is 7.21. The zero-order valence-electron chi connectivity index (χ0n) is 18.8. The van der Waals surface area contributed by atoms with Crippen LogP contribution in [-0.4, -0.2) is 72.1 Å². The lowest BCUT2D eigenvalue weighted by Crippen LogP contribution is -2.51. The van der Waals surface area contributed by atoms with Crippen LogP contribution < -0.4 is 10.1 Å². The maximum atomic E-state index is 13.1. The largest absolute Gasteiger partial charge is 0.484 e. The lowest BCUT2D eigenvalue weighted by molar-refractivity contribution is -0.134. The van der Waals surface area contributed by atoms with E-state index >= 15 is 0 Å². The molecular weight excluding hydrogens is 462 g/mol. The van der Waals surface area contributed by atoms with Gasteiger partial charge in [-0.05, 0) is 50.2 Å². The average Bonchev–Trinajstić information content (AvgIpc) is 2.81. The highest BCUT2D eigenvalue weighted by atomic mass is 35.5. The first kappa shape index (κ1) is 24.9. The second-order valence-corrected chi connectivity index (χ2v) is 9.38. The number of carbonyl (C=O) groups excluding carboxylic acids is 3. The molecule has 9 heteroatoms. The maximum absolute atomic E-state index is 13.1. The molecular formula is C24H28ClN3O4S. The van der Waals surface area contributed by atoms with Crippen molar-refractivity contribution < 1.29 is 19.1 Å². The van der Waals surface area contributed by atoms with Crippen molar-refractivity contribution in [2.75, 3.05) is 38.5 Å². The number of hydrogen-bond donors (Lipinski definition) is 1. The zero-order valence-corrected chi connectivity index (χ0v) is 20.3. The predicted octanol–water partition coefficient (Wildman–Crippen LogP) is 3.32. The van der Waals surface area contributed by atoms with Gasteiger partial charge in [-0.1, -0.05) is 23.7 Å². The van der Waals surface area contributed by atoms with Crippen molar-refractivity contribution in [3.8, 4) is 5.75 Å². The van der Waals surface area contributed by atoms with Crippen LogP contribution in [0.25, 0.3) is 0 Å². The summed E-state index contributed by atoms with van der Waals surface area (Å²) in [5, 5.41) is 3.46. The highest BCUT2D eigenvalue weighted by molar-refractivity contribution is 8.00. The molecule has 0 bridgehead atoms. The fourth-order valence-electron chi connectivity index (χ4n) is 3.37. The molecule has 1 saturated heterocycles.